The van der Waals surface area contributed by atoms with Crippen LogP contribution in [0.15, 0.2) is 66.9 Å². The number of benzene rings is 2. The third-order valence-electron chi connectivity index (χ3n) is 7.34. The maximum absolute atomic E-state index is 14.7. The molecule has 1 saturated carbocycles. The molecule has 1 fully saturated rings. The van der Waals surface area contributed by atoms with Crippen molar-refractivity contribution in [2.24, 2.45) is 5.92 Å². The van der Waals surface area contributed by atoms with Crippen molar-refractivity contribution in [3.05, 3.63) is 89.5 Å². The Morgan fingerprint density at radius 2 is 1.72 bits per heavy atom. The third-order valence-corrected chi connectivity index (χ3v) is 7.34. The number of carboxylic acids is 1. The first-order valence-electron chi connectivity index (χ1n) is 12.9. The predicted octanol–water partition coefficient (Wildman–Crippen LogP) is 4.62. The average molecular weight is 529 g/mol. The largest absolute Gasteiger partial charge is 0.481 e. The Labute approximate surface area is 224 Å². The second kappa shape index (κ2) is 11.1. The molecular weight excluding hydrogens is 499 g/mol. The van der Waals surface area contributed by atoms with Crippen LogP contribution in [0.3, 0.4) is 0 Å². The minimum absolute atomic E-state index is 0.111. The van der Waals surface area contributed by atoms with Crippen LogP contribution in [0.4, 0.5) is 4.39 Å². The molecule has 0 saturated heterocycles. The van der Waals surface area contributed by atoms with E-state index in [1.807, 2.05) is 34.9 Å². The van der Waals surface area contributed by atoms with Crippen molar-refractivity contribution in [3.63, 3.8) is 0 Å². The molecule has 2 aromatic heterocycles. The summed E-state index contributed by atoms with van der Waals surface area (Å²) in [5, 5.41) is 15.2. The molecule has 200 valence electrons. The summed E-state index contributed by atoms with van der Waals surface area (Å²) in [4.78, 5) is 40.9. The first kappa shape index (κ1) is 26.1. The molecule has 2 amide bonds. The van der Waals surface area contributed by atoms with Crippen LogP contribution in [0.2, 0.25) is 0 Å². The second-order valence-electron chi connectivity index (χ2n) is 9.85. The molecule has 3 N–H and O–H groups in total. The number of amides is 2. The van der Waals surface area contributed by atoms with Gasteiger partial charge in [0, 0.05) is 36.8 Å². The first-order chi connectivity index (χ1) is 18.8. The monoisotopic (exact) mass is 528 g/mol. The Morgan fingerprint density at radius 3 is 2.41 bits per heavy atom. The lowest BCUT2D eigenvalue weighted by Gasteiger charge is -2.27. The zero-order chi connectivity index (χ0) is 27.5. The minimum atomic E-state index is -0.792. The standard InChI is InChI=1S/C30H29FN4O4/c1-32-29(37)26-4-2-3-25(34-26)19-7-5-18(6-8-19)17-35-16-15-22-24(31)14-13-23(27(22)35)28(36)33-21-11-9-20(10-12-21)30(38)39/h2-8,13-16,20-21H,9-12,17H2,1H3,(H,32,37)(H,33,36)(H,38,39). The molecule has 0 spiro atoms. The normalized spacial score (nSPS) is 17.1. The van der Waals surface area contributed by atoms with Crippen LogP contribution in [-0.4, -0.2) is 45.5 Å². The Morgan fingerprint density at radius 1 is 0.974 bits per heavy atom. The molecule has 0 atom stereocenters. The van der Waals surface area contributed by atoms with Crippen LogP contribution in [0.1, 0.15) is 52.1 Å². The maximum Gasteiger partial charge on any atom is 0.306 e. The molecule has 0 aliphatic heterocycles. The van der Waals surface area contributed by atoms with Crippen LogP contribution in [0.25, 0.3) is 22.2 Å². The molecular formula is C30H29FN4O4. The van der Waals surface area contributed by atoms with Crippen molar-refractivity contribution in [3.8, 4) is 11.3 Å². The highest BCUT2D eigenvalue weighted by molar-refractivity contribution is 6.06. The van der Waals surface area contributed by atoms with Gasteiger partial charge in [-0.15, -0.1) is 0 Å². The quantitative estimate of drug-likeness (QED) is 0.324. The zero-order valence-electron chi connectivity index (χ0n) is 21.5. The van der Waals surface area contributed by atoms with Crippen LogP contribution >= 0.6 is 0 Å². The summed E-state index contributed by atoms with van der Waals surface area (Å²) in [6, 6.07) is 17.3. The van der Waals surface area contributed by atoms with E-state index in [1.54, 1.807) is 31.4 Å². The topological polar surface area (TPSA) is 113 Å². The van der Waals surface area contributed by atoms with E-state index >= 15 is 0 Å². The molecule has 8 nitrogen and oxygen atoms in total. The van der Waals surface area contributed by atoms with Crippen LogP contribution in [0, 0.1) is 11.7 Å². The average Bonchev–Trinajstić information content (AvgIpc) is 3.38. The molecule has 0 bridgehead atoms. The van der Waals surface area contributed by atoms with Crippen LogP contribution in [-0.2, 0) is 11.3 Å². The molecule has 2 aromatic carbocycles. The molecule has 0 unspecified atom stereocenters. The van der Waals surface area contributed by atoms with Gasteiger partial charge in [0.1, 0.15) is 11.5 Å². The fraction of sp³-hybridized carbons (Fsp3) is 0.267. The maximum atomic E-state index is 14.7. The number of rotatable bonds is 7. The molecule has 1 aliphatic rings. The van der Waals surface area contributed by atoms with Crippen molar-refractivity contribution in [2.75, 3.05) is 7.05 Å². The van der Waals surface area contributed by atoms with Crippen LogP contribution in [0.5, 0.6) is 0 Å². The van der Waals surface area contributed by atoms with Gasteiger partial charge < -0.3 is 20.3 Å². The Bertz CT molecular complexity index is 1540. The smallest absolute Gasteiger partial charge is 0.306 e. The molecule has 39 heavy (non-hydrogen) atoms. The van der Waals surface area contributed by atoms with Gasteiger partial charge in [-0.05, 0) is 61.6 Å². The lowest BCUT2D eigenvalue weighted by atomic mass is 9.86. The number of hydrogen-bond acceptors (Lipinski definition) is 4. The Balaban J connectivity index is 1.36. The summed E-state index contributed by atoms with van der Waals surface area (Å²) < 4.78 is 16.5. The van der Waals surface area contributed by atoms with Gasteiger partial charge >= 0.3 is 5.97 Å². The van der Waals surface area contributed by atoms with E-state index in [4.69, 9.17) is 0 Å². The fourth-order valence-corrected chi connectivity index (χ4v) is 5.18. The summed E-state index contributed by atoms with van der Waals surface area (Å²) in [6.45, 7) is 0.420. The summed E-state index contributed by atoms with van der Waals surface area (Å²) in [6.07, 6.45) is 4.02. The number of hydrogen-bond donors (Lipinski definition) is 3. The highest BCUT2D eigenvalue weighted by atomic mass is 19.1. The number of aliphatic carboxylic acids is 1. The summed E-state index contributed by atoms with van der Waals surface area (Å²) in [5.74, 6) is -2.11. The predicted molar refractivity (Wildman–Crippen MR) is 145 cm³/mol. The zero-order valence-corrected chi connectivity index (χ0v) is 21.5. The van der Waals surface area contributed by atoms with E-state index in [0.717, 1.165) is 11.1 Å². The minimum Gasteiger partial charge on any atom is -0.481 e. The van der Waals surface area contributed by atoms with Gasteiger partial charge in [-0.3, -0.25) is 14.4 Å². The Kier molecular flexibility index (Phi) is 7.40. The van der Waals surface area contributed by atoms with Crippen molar-refractivity contribution in [2.45, 2.75) is 38.3 Å². The van der Waals surface area contributed by atoms with Crippen molar-refractivity contribution < 1.29 is 23.9 Å². The van der Waals surface area contributed by atoms with E-state index in [9.17, 15) is 23.9 Å². The number of carboxylic acid groups (broad SMARTS) is 1. The number of carbonyl (C=O) groups is 3. The van der Waals surface area contributed by atoms with Gasteiger partial charge in [-0.1, -0.05) is 30.3 Å². The van der Waals surface area contributed by atoms with E-state index < -0.39 is 11.8 Å². The lowest BCUT2D eigenvalue weighted by Crippen LogP contribution is -2.38. The molecule has 9 heteroatoms. The highest BCUT2D eigenvalue weighted by Crippen LogP contribution is 2.28. The number of nitrogens with one attached hydrogen (secondary N) is 2. The molecule has 0 radical (unpaired) electrons. The van der Waals surface area contributed by atoms with Gasteiger partial charge in [-0.2, -0.15) is 0 Å². The molecule has 2 heterocycles. The number of halogens is 1. The first-order valence-corrected chi connectivity index (χ1v) is 12.9. The highest BCUT2D eigenvalue weighted by Gasteiger charge is 2.27. The summed E-state index contributed by atoms with van der Waals surface area (Å²) >= 11 is 0. The molecule has 1 aliphatic carbocycles. The number of pyridine rings is 1. The number of carbonyl (C=O) groups excluding carboxylic acids is 2. The molecule has 4 aromatic rings. The van der Waals surface area contributed by atoms with E-state index in [0.29, 0.717) is 60.1 Å². The summed E-state index contributed by atoms with van der Waals surface area (Å²) in [5.41, 5.74) is 3.69. The van der Waals surface area contributed by atoms with E-state index in [-0.39, 0.29) is 23.8 Å². The van der Waals surface area contributed by atoms with Crippen molar-refractivity contribution in [1.29, 1.82) is 0 Å². The SMILES string of the molecule is CNC(=O)c1cccc(-c2ccc(Cn3ccc4c(F)ccc(C(=O)NC5CCC(C(=O)O)CC5)c43)cc2)n1. The van der Waals surface area contributed by atoms with Gasteiger partial charge in [-0.25, -0.2) is 9.37 Å². The second-order valence-corrected chi connectivity index (χ2v) is 9.85. The van der Waals surface area contributed by atoms with Crippen LogP contribution < -0.4 is 10.6 Å². The van der Waals surface area contributed by atoms with E-state index in [2.05, 4.69) is 15.6 Å². The number of aromatic nitrogens is 2. The van der Waals surface area contributed by atoms with Crippen molar-refractivity contribution >= 4 is 28.7 Å². The summed E-state index contributed by atoms with van der Waals surface area (Å²) in [7, 11) is 1.56. The van der Waals surface area contributed by atoms with Gasteiger partial charge in [0.2, 0.25) is 0 Å². The number of nitrogens with zero attached hydrogens (tertiary/aromatic N) is 2. The number of fused-ring (bicyclic) bond motifs is 1. The Hall–Kier alpha value is -4.53. The van der Waals surface area contributed by atoms with Crippen molar-refractivity contribution in [1.82, 2.24) is 20.2 Å². The lowest BCUT2D eigenvalue weighted by molar-refractivity contribution is -0.142. The van der Waals surface area contributed by atoms with Gasteiger partial charge in [0.15, 0.2) is 0 Å². The fourth-order valence-electron chi connectivity index (χ4n) is 5.18. The van der Waals surface area contributed by atoms with Gasteiger partial charge in [0.25, 0.3) is 11.8 Å². The third kappa shape index (κ3) is 5.52. The molecule has 5 rings (SSSR count). The van der Waals surface area contributed by atoms with Gasteiger partial charge in [0.05, 0.1) is 22.7 Å². The van der Waals surface area contributed by atoms with E-state index in [1.165, 1.54) is 12.1 Å².